The van der Waals surface area contributed by atoms with Crippen LogP contribution in [-0.4, -0.2) is 10.3 Å². The van der Waals surface area contributed by atoms with Crippen molar-refractivity contribution in [2.45, 2.75) is 0 Å². The molecule has 90 valence electrons. The van der Waals surface area contributed by atoms with E-state index in [4.69, 9.17) is 34.2 Å². The van der Waals surface area contributed by atoms with Crippen molar-refractivity contribution in [2.75, 3.05) is 0 Å². The normalized spacial score (nSPS) is 10.1. The van der Waals surface area contributed by atoms with Crippen LogP contribution in [0.3, 0.4) is 0 Å². The summed E-state index contributed by atoms with van der Waals surface area (Å²) in [6.45, 7) is 0. The number of hydrogen-bond donors (Lipinski definition) is 1. The molecule has 7 heteroatoms. The number of aromatic nitrogens is 1. The number of nitrogens with zero attached hydrogens (tertiary/aromatic N) is 2. The van der Waals surface area contributed by atoms with E-state index in [1.54, 1.807) is 6.07 Å². The Bertz CT molecular complexity index is 675. The number of primary amides is 1. The molecular weight excluding hydrogens is 293 g/mol. The highest BCUT2D eigenvalue weighted by Gasteiger charge is 2.15. The number of amides is 1. The third-order valence-electron chi connectivity index (χ3n) is 2.27. The lowest BCUT2D eigenvalue weighted by Crippen LogP contribution is -2.12. The largest absolute Gasteiger partial charge is 0.366 e. The molecule has 0 saturated heterocycles. The van der Waals surface area contributed by atoms with Crippen molar-refractivity contribution in [3.63, 3.8) is 0 Å². The molecule has 0 saturated carbocycles. The van der Waals surface area contributed by atoms with E-state index in [9.17, 15) is 4.79 Å². The summed E-state index contributed by atoms with van der Waals surface area (Å²) in [6.07, 6.45) is 0. The van der Waals surface area contributed by atoms with Gasteiger partial charge in [-0.3, -0.25) is 4.79 Å². The predicted octanol–water partition coefficient (Wildman–Crippen LogP) is 3.09. The summed E-state index contributed by atoms with van der Waals surface area (Å²) < 4.78 is 3.91. The Hall–Kier alpha value is -1.61. The summed E-state index contributed by atoms with van der Waals surface area (Å²) in [5, 5.41) is 9.53. The number of carbonyl (C=O) groups excluding carboxylic acids is 1. The van der Waals surface area contributed by atoms with E-state index in [0.717, 1.165) is 11.5 Å². The first-order valence-electron chi connectivity index (χ1n) is 4.69. The molecule has 0 fully saturated rings. The summed E-state index contributed by atoms with van der Waals surface area (Å²) in [5.41, 5.74) is 6.21. The Labute approximate surface area is 117 Å². The van der Waals surface area contributed by atoms with Crippen LogP contribution in [0.25, 0.3) is 10.4 Å². The molecule has 0 spiro atoms. The molecule has 1 aromatic heterocycles. The number of benzene rings is 1. The minimum Gasteiger partial charge on any atom is -0.366 e. The topological polar surface area (TPSA) is 79.8 Å². The Morgan fingerprint density at radius 3 is 2.67 bits per heavy atom. The van der Waals surface area contributed by atoms with Crippen LogP contribution in [0.2, 0.25) is 10.2 Å². The first-order valence-corrected chi connectivity index (χ1v) is 6.22. The molecule has 18 heavy (non-hydrogen) atoms. The van der Waals surface area contributed by atoms with Crippen molar-refractivity contribution in [1.29, 1.82) is 5.26 Å². The van der Waals surface area contributed by atoms with Gasteiger partial charge in [0.05, 0.1) is 27.1 Å². The molecule has 0 bridgehead atoms. The van der Waals surface area contributed by atoms with Crippen LogP contribution in [0.15, 0.2) is 18.2 Å². The van der Waals surface area contributed by atoms with Crippen LogP contribution in [0.1, 0.15) is 15.9 Å². The highest BCUT2D eigenvalue weighted by atomic mass is 35.5. The second kappa shape index (κ2) is 4.94. The van der Waals surface area contributed by atoms with Gasteiger partial charge in [-0.15, -0.1) is 0 Å². The Morgan fingerprint density at radius 2 is 2.17 bits per heavy atom. The van der Waals surface area contributed by atoms with E-state index >= 15 is 0 Å². The molecule has 2 N–H and O–H groups in total. The summed E-state index contributed by atoms with van der Waals surface area (Å²) >= 11 is 12.9. The van der Waals surface area contributed by atoms with Gasteiger partial charge in [0.15, 0.2) is 5.15 Å². The molecule has 0 aliphatic carbocycles. The van der Waals surface area contributed by atoms with E-state index < -0.39 is 5.91 Å². The van der Waals surface area contributed by atoms with Crippen LogP contribution in [0, 0.1) is 11.3 Å². The lowest BCUT2D eigenvalue weighted by Gasteiger charge is -2.02. The predicted molar refractivity (Wildman–Crippen MR) is 70.8 cm³/mol. The van der Waals surface area contributed by atoms with Crippen molar-refractivity contribution in [2.24, 2.45) is 5.73 Å². The van der Waals surface area contributed by atoms with Crippen LogP contribution < -0.4 is 5.73 Å². The number of nitrogens with two attached hydrogens (primary N) is 1. The van der Waals surface area contributed by atoms with Crippen LogP contribution in [0.5, 0.6) is 0 Å². The quantitative estimate of drug-likeness (QED) is 0.925. The van der Waals surface area contributed by atoms with Gasteiger partial charge in [-0.2, -0.15) is 9.64 Å². The van der Waals surface area contributed by atoms with Crippen LogP contribution >= 0.6 is 34.7 Å². The number of rotatable bonds is 2. The number of nitriles is 1. The summed E-state index contributed by atoms with van der Waals surface area (Å²) in [7, 11) is 0. The van der Waals surface area contributed by atoms with Gasteiger partial charge in [0.2, 0.25) is 5.91 Å². The maximum atomic E-state index is 11.1. The zero-order valence-corrected chi connectivity index (χ0v) is 11.1. The number of halogens is 2. The van der Waals surface area contributed by atoms with E-state index in [-0.39, 0.29) is 16.3 Å². The van der Waals surface area contributed by atoms with Gasteiger partial charge < -0.3 is 5.73 Å². The van der Waals surface area contributed by atoms with E-state index in [1.165, 1.54) is 12.1 Å². The van der Waals surface area contributed by atoms with Crippen molar-refractivity contribution < 1.29 is 4.79 Å². The molecule has 2 rings (SSSR count). The van der Waals surface area contributed by atoms with Gasteiger partial charge >= 0.3 is 0 Å². The van der Waals surface area contributed by atoms with E-state index in [2.05, 4.69) is 4.37 Å². The molecule has 0 radical (unpaired) electrons. The third-order valence-corrected chi connectivity index (χ3v) is 4.11. The van der Waals surface area contributed by atoms with Gasteiger partial charge in [-0.05, 0) is 29.2 Å². The number of hydrogen-bond acceptors (Lipinski definition) is 4. The molecule has 0 unspecified atom stereocenters. The average Bonchev–Trinajstić information content (AvgIpc) is 2.69. The minimum atomic E-state index is -0.647. The molecule has 2 aromatic rings. The van der Waals surface area contributed by atoms with E-state index in [0.29, 0.717) is 15.5 Å². The molecule has 1 amide bonds. The third kappa shape index (κ3) is 2.18. The van der Waals surface area contributed by atoms with Crippen molar-refractivity contribution >= 4 is 40.6 Å². The highest BCUT2D eigenvalue weighted by molar-refractivity contribution is 7.10. The maximum Gasteiger partial charge on any atom is 0.250 e. The molecule has 0 aliphatic heterocycles. The highest BCUT2D eigenvalue weighted by Crippen LogP contribution is 2.37. The lowest BCUT2D eigenvalue weighted by atomic mass is 10.0. The first-order chi connectivity index (χ1) is 8.54. The fourth-order valence-corrected chi connectivity index (χ4v) is 2.66. The minimum absolute atomic E-state index is 0.174. The molecule has 1 heterocycles. The van der Waals surface area contributed by atoms with Gasteiger partial charge in [0, 0.05) is 0 Å². The Kier molecular flexibility index (Phi) is 3.53. The first kappa shape index (κ1) is 12.8. The van der Waals surface area contributed by atoms with Crippen LogP contribution in [-0.2, 0) is 0 Å². The van der Waals surface area contributed by atoms with Gasteiger partial charge in [-0.25, -0.2) is 0 Å². The molecule has 1 aromatic carbocycles. The monoisotopic (exact) mass is 297 g/mol. The van der Waals surface area contributed by atoms with Crippen molar-refractivity contribution in [3.8, 4) is 16.5 Å². The molecule has 0 aliphatic rings. The second-order valence-corrected chi connectivity index (χ2v) is 4.86. The molecule has 0 atom stereocenters. The summed E-state index contributed by atoms with van der Waals surface area (Å²) in [6, 6.07) is 6.59. The standard InChI is InChI=1S/C11H5Cl2N3OS/c12-8-9(18-16-10(8)13)5-1-2-7(11(15)17)6(3-5)4-14/h1-3H,(H2,15,17). The maximum absolute atomic E-state index is 11.1. The summed E-state index contributed by atoms with van der Waals surface area (Å²) in [5.74, 6) is -0.647. The van der Waals surface area contributed by atoms with Crippen molar-refractivity contribution in [1.82, 2.24) is 4.37 Å². The summed E-state index contributed by atoms with van der Waals surface area (Å²) in [4.78, 5) is 11.8. The van der Waals surface area contributed by atoms with Crippen molar-refractivity contribution in [3.05, 3.63) is 39.5 Å². The van der Waals surface area contributed by atoms with E-state index in [1.807, 2.05) is 6.07 Å². The Balaban J connectivity index is 2.59. The smallest absolute Gasteiger partial charge is 0.250 e. The fourth-order valence-electron chi connectivity index (χ4n) is 1.43. The second-order valence-electron chi connectivity index (χ2n) is 3.35. The van der Waals surface area contributed by atoms with Gasteiger partial charge in [-0.1, -0.05) is 29.3 Å². The molecule has 4 nitrogen and oxygen atoms in total. The van der Waals surface area contributed by atoms with Gasteiger partial charge in [0.1, 0.15) is 0 Å². The van der Waals surface area contributed by atoms with Crippen LogP contribution in [0.4, 0.5) is 0 Å². The zero-order chi connectivity index (χ0) is 13.3. The van der Waals surface area contributed by atoms with Gasteiger partial charge in [0.25, 0.3) is 0 Å². The lowest BCUT2D eigenvalue weighted by molar-refractivity contribution is 0.1000. The fraction of sp³-hybridized carbons (Fsp3) is 0. The average molecular weight is 298 g/mol. The Morgan fingerprint density at radius 1 is 1.44 bits per heavy atom. The number of carbonyl (C=O) groups is 1. The zero-order valence-electron chi connectivity index (χ0n) is 8.78. The molecular formula is C11H5Cl2N3OS. The SMILES string of the molecule is N#Cc1cc(-c2snc(Cl)c2Cl)ccc1C(N)=O.